The van der Waals surface area contributed by atoms with Gasteiger partial charge in [-0.1, -0.05) is 36.4 Å². The highest BCUT2D eigenvalue weighted by Gasteiger charge is 2.12. The summed E-state index contributed by atoms with van der Waals surface area (Å²) in [5.41, 5.74) is 1.25. The third kappa shape index (κ3) is 4.14. The average molecular weight is 294 g/mol. The van der Waals surface area contributed by atoms with Crippen molar-refractivity contribution in [3.8, 4) is 0 Å². The van der Waals surface area contributed by atoms with Crippen LogP contribution in [0.15, 0.2) is 42.5 Å². The zero-order valence-electron chi connectivity index (χ0n) is 10.7. The van der Waals surface area contributed by atoms with Crippen molar-refractivity contribution >= 4 is 34.3 Å². The maximum Gasteiger partial charge on any atom is 0.0753 e. The molecule has 2 aromatic carbocycles. The zero-order chi connectivity index (χ0) is 13.5. The molecule has 4 heteroatoms. The largest absolute Gasteiger partial charge is 0.396 e. The van der Waals surface area contributed by atoms with Crippen LogP contribution in [0.3, 0.4) is 0 Å². The molecular weight excluding hydrogens is 276 g/mol. The minimum absolute atomic E-state index is 0.189. The molecule has 0 aliphatic carbocycles. The van der Waals surface area contributed by atoms with Crippen molar-refractivity contribution in [1.29, 1.82) is 0 Å². The Balaban J connectivity index is 2.21. The molecule has 2 nitrogen and oxygen atoms in total. The predicted molar refractivity (Wildman–Crippen MR) is 85.8 cm³/mol. The van der Waals surface area contributed by atoms with Gasteiger partial charge in [0, 0.05) is 11.5 Å². The summed E-state index contributed by atoms with van der Waals surface area (Å²) in [7, 11) is 0. The summed E-state index contributed by atoms with van der Waals surface area (Å²) < 4.78 is 0.268. The SMILES string of the molecule is OCCSC(SCCO)c1ccc2ccccc2c1. The van der Waals surface area contributed by atoms with Gasteiger partial charge in [0.2, 0.25) is 0 Å². The number of thioether (sulfide) groups is 2. The summed E-state index contributed by atoms with van der Waals surface area (Å²) in [6.45, 7) is 0.378. The predicted octanol–water partition coefficient (Wildman–Crippen LogP) is 3.29. The molecule has 0 fully saturated rings. The molecule has 0 aromatic heterocycles. The fourth-order valence-corrected chi connectivity index (χ4v) is 4.19. The molecule has 0 heterocycles. The lowest BCUT2D eigenvalue weighted by Crippen LogP contribution is -1.97. The highest BCUT2D eigenvalue weighted by atomic mass is 32.2. The first kappa shape index (κ1) is 14.7. The molecule has 0 saturated carbocycles. The number of aliphatic hydroxyl groups excluding tert-OH is 2. The van der Waals surface area contributed by atoms with Gasteiger partial charge in [0.05, 0.1) is 17.8 Å². The Labute approximate surface area is 122 Å². The van der Waals surface area contributed by atoms with Gasteiger partial charge >= 0.3 is 0 Å². The van der Waals surface area contributed by atoms with Gasteiger partial charge in [0.1, 0.15) is 0 Å². The number of hydrogen-bond acceptors (Lipinski definition) is 4. The molecule has 0 unspecified atom stereocenters. The molecule has 2 aromatic rings. The smallest absolute Gasteiger partial charge is 0.0753 e. The van der Waals surface area contributed by atoms with Gasteiger partial charge in [-0.3, -0.25) is 0 Å². The molecule has 0 atom stereocenters. The first-order chi connectivity index (χ1) is 9.35. The lowest BCUT2D eigenvalue weighted by Gasteiger charge is -2.16. The summed E-state index contributed by atoms with van der Waals surface area (Å²) in [5, 5.41) is 20.4. The molecule has 2 rings (SSSR count). The zero-order valence-corrected chi connectivity index (χ0v) is 12.3. The average Bonchev–Trinajstić information content (AvgIpc) is 2.47. The highest BCUT2D eigenvalue weighted by molar-refractivity contribution is 8.16. The van der Waals surface area contributed by atoms with Crippen molar-refractivity contribution in [2.24, 2.45) is 0 Å². The Morgan fingerprint density at radius 1 is 0.842 bits per heavy atom. The molecular formula is C15H18O2S2. The molecule has 0 bridgehead atoms. The molecule has 0 radical (unpaired) electrons. The van der Waals surface area contributed by atoms with Gasteiger partial charge in [-0.2, -0.15) is 0 Å². The third-order valence-corrected chi connectivity index (χ3v) is 5.57. The van der Waals surface area contributed by atoms with Crippen molar-refractivity contribution in [1.82, 2.24) is 0 Å². The Kier molecular flexibility index (Phi) is 6.04. The lowest BCUT2D eigenvalue weighted by atomic mass is 10.1. The highest BCUT2D eigenvalue weighted by Crippen LogP contribution is 2.39. The van der Waals surface area contributed by atoms with Crippen LogP contribution in [0.5, 0.6) is 0 Å². The van der Waals surface area contributed by atoms with E-state index >= 15 is 0 Å². The van der Waals surface area contributed by atoms with Crippen LogP contribution in [-0.4, -0.2) is 34.9 Å². The van der Waals surface area contributed by atoms with E-state index in [4.69, 9.17) is 10.2 Å². The van der Waals surface area contributed by atoms with Crippen LogP contribution in [0.2, 0.25) is 0 Å². The maximum absolute atomic E-state index is 8.98. The van der Waals surface area contributed by atoms with Crippen LogP contribution in [0.4, 0.5) is 0 Å². The second-order valence-corrected chi connectivity index (χ2v) is 6.85. The summed E-state index contributed by atoms with van der Waals surface area (Å²) in [6, 6.07) is 14.8. The Hall–Kier alpha value is -0.680. The van der Waals surface area contributed by atoms with Crippen LogP contribution in [0.1, 0.15) is 10.1 Å². The molecule has 102 valence electrons. The normalized spacial score (nSPS) is 11.3. The van der Waals surface area contributed by atoms with Gasteiger partial charge in [-0.05, 0) is 22.4 Å². The van der Waals surface area contributed by atoms with Crippen LogP contribution in [0.25, 0.3) is 10.8 Å². The van der Waals surface area contributed by atoms with Gasteiger partial charge in [-0.15, -0.1) is 23.5 Å². The van der Waals surface area contributed by atoms with Crippen LogP contribution >= 0.6 is 23.5 Å². The van der Waals surface area contributed by atoms with Crippen LogP contribution < -0.4 is 0 Å². The summed E-state index contributed by atoms with van der Waals surface area (Å²) in [5.74, 6) is 1.44. The maximum atomic E-state index is 8.98. The van der Waals surface area contributed by atoms with Gasteiger partial charge in [0.15, 0.2) is 0 Å². The Morgan fingerprint density at radius 2 is 1.47 bits per heavy atom. The second-order valence-electron chi connectivity index (χ2n) is 4.13. The van der Waals surface area contributed by atoms with E-state index in [1.807, 2.05) is 12.1 Å². The van der Waals surface area contributed by atoms with Crippen LogP contribution in [-0.2, 0) is 0 Å². The van der Waals surface area contributed by atoms with E-state index < -0.39 is 0 Å². The van der Waals surface area contributed by atoms with Crippen molar-refractivity contribution in [3.05, 3.63) is 48.0 Å². The quantitative estimate of drug-likeness (QED) is 0.769. The van der Waals surface area contributed by atoms with E-state index in [-0.39, 0.29) is 17.8 Å². The standard InChI is InChI=1S/C15H18O2S2/c16-7-9-18-15(19-10-8-17)14-6-5-12-3-1-2-4-13(12)11-14/h1-6,11,15-17H,7-10H2. The minimum atomic E-state index is 0.189. The number of rotatable bonds is 7. The molecule has 0 aliphatic rings. The Morgan fingerprint density at radius 3 is 2.11 bits per heavy atom. The first-order valence-corrected chi connectivity index (χ1v) is 8.38. The summed E-state index contributed by atoms with van der Waals surface area (Å²) >= 11 is 3.45. The summed E-state index contributed by atoms with van der Waals surface area (Å²) in [4.78, 5) is 0. The first-order valence-electron chi connectivity index (χ1n) is 6.29. The van der Waals surface area contributed by atoms with Crippen molar-refractivity contribution < 1.29 is 10.2 Å². The summed E-state index contributed by atoms with van der Waals surface area (Å²) in [6.07, 6.45) is 0. The van der Waals surface area contributed by atoms with Crippen molar-refractivity contribution in [3.63, 3.8) is 0 Å². The molecule has 2 N–H and O–H groups in total. The van der Waals surface area contributed by atoms with Gasteiger partial charge in [-0.25, -0.2) is 0 Å². The third-order valence-electron chi connectivity index (χ3n) is 2.77. The monoisotopic (exact) mass is 294 g/mol. The molecule has 0 amide bonds. The molecule has 0 aliphatic heterocycles. The lowest BCUT2D eigenvalue weighted by molar-refractivity contribution is 0.322. The van der Waals surface area contributed by atoms with E-state index in [2.05, 4.69) is 30.3 Å². The number of benzene rings is 2. The van der Waals surface area contributed by atoms with Gasteiger partial charge in [0.25, 0.3) is 0 Å². The van der Waals surface area contributed by atoms with Crippen LogP contribution in [0, 0.1) is 0 Å². The van der Waals surface area contributed by atoms with E-state index in [0.717, 1.165) is 11.5 Å². The fraction of sp³-hybridized carbons (Fsp3) is 0.333. The topological polar surface area (TPSA) is 40.5 Å². The molecule has 0 saturated heterocycles. The Bertz CT molecular complexity index is 508. The van der Waals surface area contributed by atoms with E-state index in [9.17, 15) is 0 Å². The van der Waals surface area contributed by atoms with Gasteiger partial charge < -0.3 is 10.2 Å². The number of fused-ring (bicyclic) bond motifs is 1. The van der Waals surface area contributed by atoms with Crippen molar-refractivity contribution in [2.45, 2.75) is 4.58 Å². The van der Waals surface area contributed by atoms with Crippen molar-refractivity contribution in [2.75, 3.05) is 24.7 Å². The fourth-order valence-electron chi connectivity index (χ4n) is 1.91. The second kappa shape index (κ2) is 7.80. The number of hydrogen-bond donors (Lipinski definition) is 2. The number of aliphatic hydroxyl groups is 2. The van der Waals surface area contributed by atoms with E-state index in [1.165, 1.54) is 16.3 Å². The molecule has 19 heavy (non-hydrogen) atoms. The minimum Gasteiger partial charge on any atom is -0.396 e. The molecule has 0 spiro atoms. The van der Waals surface area contributed by atoms with E-state index in [0.29, 0.717) is 0 Å². The van der Waals surface area contributed by atoms with E-state index in [1.54, 1.807) is 23.5 Å².